The van der Waals surface area contributed by atoms with Crippen LogP contribution in [0.15, 0.2) is 67.3 Å². The van der Waals surface area contributed by atoms with Gasteiger partial charge in [0.1, 0.15) is 22.7 Å². The molecule has 0 unspecified atom stereocenters. The van der Waals surface area contributed by atoms with E-state index >= 15 is 4.39 Å². The Morgan fingerprint density at radius 1 is 1.11 bits per heavy atom. The lowest BCUT2D eigenvalue weighted by atomic mass is 10.0. The minimum atomic E-state index is -0.364. The number of hydrogen-bond donors (Lipinski definition) is 3. The van der Waals surface area contributed by atoms with E-state index in [9.17, 15) is 0 Å². The van der Waals surface area contributed by atoms with Crippen LogP contribution in [0.5, 0.6) is 0 Å². The van der Waals surface area contributed by atoms with Crippen molar-refractivity contribution in [3.63, 3.8) is 0 Å². The molecule has 6 aromatic rings. The Kier molecular flexibility index (Phi) is 6.00. The highest BCUT2D eigenvalue weighted by atomic mass is 32.1. The first-order valence-electron chi connectivity index (χ1n) is 12.4. The minimum absolute atomic E-state index is 0.364. The van der Waals surface area contributed by atoms with Crippen LogP contribution in [0.3, 0.4) is 0 Å². The van der Waals surface area contributed by atoms with Crippen LogP contribution >= 0.6 is 11.3 Å². The van der Waals surface area contributed by atoms with Crippen molar-refractivity contribution in [2.45, 2.75) is 27.2 Å². The number of nitrogens with zero attached hydrogens (tertiary/aromatic N) is 4. The fourth-order valence-electron chi connectivity index (χ4n) is 4.63. The maximum Gasteiger partial charge on any atom is 0.159 e. The zero-order valence-corrected chi connectivity index (χ0v) is 22.1. The van der Waals surface area contributed by atoms with E-state index in [2.05, 4.69) is 69.9 Å². The third-order valence-corrected chi connectivity index (χ3v) is 7.28. The van der Waals surface area contributed by atoms with Crippen molar-refractivity contribution in [2.24, 2.45) is 5.92 Å². The first-order valence-corrected chi connectivity index (χ1v) is 13.2. The van der Waals surface area contributed by atoms with E-state index in [1.54, 1.807) is 36.0 Å². The van der Waals surface area contributed by atoms with E-state index in [1.807, 2.05) is 12.1 Å². The number of rotatable bonds is 7. The van der Waals surface area contributed by atoms with Gasteiger partial charge >= 0.3 is 0 Å². The highest BCUT2D eigenvalue weighted by Gasteiger charge is 2.19. The Morgan fingerprint density at radius 2 is 1.97 bits per heavy atom. The van der Waals surface area contributed by atoms with Crippen LogP contribution in [-0.4, -0.2) is 30.1 Å². The highest BCUT2D eigenvalue weighted by molar-refractivity contribution is 7.15. The average molecular weight is 524 g/mol. The van der Waals surface area contributed by atoms with E-state index in [0.29, 0.717) is 34.1 Å². The molecule has 9 heteroatoms. The van der Waals surface area contributed by atoms with Gasteiger partial charge in [-0.25, -0.2) is 9.37 Å². The second-order valence-electron chi connectivity index (χ2n) is 9.79. The highest BCUT2D eigenvalue weighted by Crippen LogP contribution is 2.35. The summed E-state index contributed by atoms with van der Waals surface area (Å²) >= 11 is 1.68. The van der Waals surface area contributed by atoms with Gasteiger partial charge in [-0.05, 0) is 49.6 Å². The predicted molar refractivity (Wildman–Crippen MR) is 152 cm³/mol. The van der Waals surface area contributed by atoms with Crippen molar-refractivity contribution in [2.75, 3.05) is 5.32 Å². The normalized spacial score (nSPS) is 11.6. The number of H-pyrrole nitrogens is 2. The van der Waals surface area contributed by atoms with Crippen LogP contribution in [0.25, 0.3) is 55.2 Å². The zero-order chi connectivity index (χ0) is 26.4. The van der Waals surface area contributed by atoms with E-state index < -0.39 is 0 Å². The molecule has 190 valence electrons. The number of halogens is 1. The van der Waals surface area contributed by atoms with Crippen LogP contribution in [-0.2, 0) is 0 Å². The van der Waals surface area contributed by atoms with Crippen LogP contribution in [0.4, 0.5) is 10.1 Å². The van der Waals surface area contributed by atoms with Gasteiger partial charge in [0.05, 0.1) is 27.8 Å². The third kappa shape index (κ3) is 4.45. The Labute approximate surface area is 222 Å². The van der Waals surface area contributed by atoms with Gasteiger partial charge in [-0.2, -0.15) is 5.10 Å². The van der Waals surface area contributed by atoms with Gasteiger partial charge in [0, 0.05) is 45.5 Å². The third-order valence-electron chi connectivity index (χ3n) is 6.27. The molecule has 0 fully saturated rings. The number of pyridine rings is 2. The quantitative estimate of drug-likeness (QED) is 0.199. The summed E-state index contributed by atoms with van der Waals surface area (Å²) < 4.78 is 15.2. The van der Waals surface area contributed by atoms with Gasteiger partial charge < -0.3 is 10.3 Å². The Hall–Kier alpha value is -4.37. The minimum Gasteiger partial charge on any atom is -0.358 e. The van der Waals surface area contributed by atoms with Crippen molar-refractivity contribution in [1.82, 2.24) is 30.1 Å². The molecular weight excluding hydrogens is 497 g/mol. The smallest absolute Gasteiger partial charge is 0.159 e. The molecule has 5 aromatic heterocycles. The first kappa shape index (κ1) is 24.0. The lowest BCUT2D eigenvalue weighted by molar-refractivity contribution is 0.632. The topological polar surface area (TPSA) is 95.2 Å². The van der Waals surface area contributed by atoms with Gasteiger partial charge in [-0.1, -0.05) is 20.4 Å². The number of imidazole rings is 1. The lowest BCUT2D eigenvalue weighted by Gasteiger charge is -2.12. The standard InChI is InChI=1S/C29H26FN7S/c1-15(2)9-16(3)33-19-10-18(13-31-14-19)20-11-21-24(12-22(20)30)36-37-26(21)29-34-23-7-8-32-28(27(23)35-29)25-6-5-17(4)38-25/h5-8,10-15,33H,3,9H2,1-2,4H3,(H,34,35)(H,36,37). The van der Waals surface area contributed by atoms with Crippen molar-refractivity contribution < 1.29 is 4.39 Å². The number of aromatic amines is 2. The molecule has 3 N–H and O–H groups in total. The number of hydrogen-bond acceptors (Lipinski definition) is 6. The molecule has 0 radical (unpaired) electrons. The molecule has 0 saturated carbocycles. The van der Waals surface area contributed by atoms with Crippen LogP contribution in [0, 0.1) is 18.7 Å². The molecule has 6 rings (SSSR count). The van der Waals surface area contributed by atoms with E-state index in [4.69, 9.17) is 4.98 Å². The second-order valence-corrected chi connectivity index (χ2v) is 11.1. The maximum atomic E-state index is 15.2. The summed E-state index contributed by atoms with van der Waals surface area (Å²) in [6.07, 6.45) is 5.98. The van der Waals surface area contributed by atoms with Gasteiger partial charge in [0.25, 0.3) is 0 Å². The fraction of sp³-hybridized carbons (Fsp3) is 0.172. The molecule has 0 aliphatic carbocycles. The van der Waals surface area contributed by atoms with Gasteiger partial charge in [0.2, 0.25) is 0 Å². The molecule has 5 heterocycles. The second kappa shape index (κ2) is 9.50. The number of aryl methyl sites for hydroxylation is 1. The number of allylic oxidation sites excluding steroid dienone is 1. The molecule has 0 amide bonds. The van der Waals surface area contributed by atoms with E-state index in [1.165, 1.54) is 10.9 Å². The number of fused-ring (bicyclic) bond motifs is 2. The molecule has 0 atom stereocenters. The molecule has 38 heavy (non-hydrogen) atoms. The monoisotopic (exact) mass is 523 g/mol. The van der Waals surface area contributed by atoms with Crippen LogP contribution in [0.2, 0.25) is 0 Å². The Bertz CT molecular complexity index is 1810. The summed E-state index contributed by atoms with van der Waals surface area (Å²) in [5, 5.41) is 11.5. The van der Waals surface area contributed by atoms with Crippen molar-refractivity contribution >= 4 is 39.0 Å². The van der Waals surface area contributed by atoms with Gasteiger partial charge in [0.15, 0.2) is 5.82 Å². The van der Waals surface area contributed by atoms with E-state index in [-0.39, 0.29) is 5.82 Å². The summed E-state index contributed by atoms with van der Waals surface area (Å²) in [4.78, 5) is 19.4. The average Bonchev–Trinajstić information content (AvgIpc) is 3.60. The number of anilines is 1. The van der Waals surface area contributed by atoms with Crippen molar-refractivity contribution in [1.29, 1.82) is 0 Å². The summed E-state index contributed by atoms with van der Waals surface area (Å²) in [5.74, 6) is 0.701. The molecule has 0 saturated heterocycles. The maximum absolute atomic E-state index is 15.2. The summed E-state index contributed by atoms with van der Waals surface area (Å²) in [7, 11) is 0. The molecular formula is C29H26FN7S. The SMILES string of the molecule is C=C(CC(C)C)Nc1cncc(-c2cc3c(-c4nc5c(-c6ccc(C)s6)nccc5[nH]4)n[nH]c3cc2F)c1. The Morgan fingerprint density at radius 3 is 2.76 bits per heavy atom. The lowest BCUT2D eigenvalue weighted by Crippen LogP contribution is -2.02. The molecule has 0 aliphatic heterocycles. The first-order chi connectivity index (χ1) is 18.4. The molecule has 0 aliphatic rings. The molecule has 0 spiro atoms. The number of aromatic nitrogens is 6. The number of nitrogens with one attached hydrogen (secondary N) is 3. The molecule has 0 bridgehead atoms. The van der Waals surface area contributed by atoms with Crippen LogP contribution in [0.1, 0.15) is 25.1 Å². The predicted octanol–water partition coefficient (Wildman–Crippen LogP) is 7.71. The van der Waals surface area contributed by atoms with Crippen molar-refractivity contribution in [3.05, 3.63) is 78.0 Å². The summed E-state index contributed by atoms with van der Waals surface area (Å²) in [5.41, 5.74) is 6.39. The fourth-order valence-corrected chi connectivity index (χ4v) is 5.50. The molecule has 7 nitrogen and oxygen atoms in total. The van der Waals surface area contributed by atoms with Crippen LogP contribution < -0.4 is 5.32 Å². The summed E-state index contributed by atoms with van der Waals surface area (Å²) in [6, 6.07) is 11.2. The van der Waals surface area contributed by atoms with Crippen molar-refractivity contribution in [3.8, 4) is 33.2 Å². The zero-order valence-electron chi connectivity index (χ0n) is 21.3. The largest absolute Gasteiger partial charge is 0.358 e. The van der Waals surface area contributed by atoms with Gasteiger partial charge in [-0.15, -0.1) is 11.3 Å². The number of benzene rings is 1. The molecule has 1 aromatic carbocycles. The Balaban J connectivity index is 1.41. The summed E-state index contributed by atoms with van der Waals surface area (Å²) in [6.45, 7) is 10.4. The van der Waals surface area contributed by atoms with Gasteiger partial charge in [-0.3, -0.25) is 15.1 Å². The number of thiophene rings is 1. The van der Waals surface area contributed by atoms with E-state index in [0.717, 1.165) is 44.8 Å².